The Hall–Kier alpha value is -1.60. The lowest BCUT2D eigenvalue weighted by Gasteiger charge is -2.21. The van der Waals surface area contributed by atoms with Crippen molar-refractivity contribution in [2.45, 2.75) is 0 Å². The zero-order chi connectivity index (χ0) is 16.2. The Morgan fingerprint density at radius 2 is 1.48 bits per heavy atom. The van der Waals surface area contributed by atoms with E-state index in [1.54, 1.807) is 13.3 Å². The molecule has 1 aromatic heterocycles. The lowest BCUT2D eigenvalue weighted by Crippen LogP contribution is -2.22. The van der Waals surface area contributed by atoms with Crippen LogP contribution >= 0.6 is 31.1 Å². The molecule has 0 aliphatic heterocycles. The summed E-state index contributed by atoms with van der Waals surface area (Å²) < 4.78 is 5.47. The Morgan fingerprint density at radius 3 is 2.00 bits per heavy atom. The van der Waals surface area contributed by atoms with Gasteiger partial charge >= 0.3 is 0 Å². The van der Waals surface area contributed by atoms with Gasteiger partial charge in [0.25, 0.3) is 0 Å². The minimum absolute atomic E-state index is 0.624. The van der Waals surface area contributed by atoms with Crippen molar-refractivity contribution in [3.63, 3.8) is 0 Å². The number of ether oxygens (including phenoxy) is 1. The van der Waals surface area contributed by atoms with Gasteiger partial charge in [0, 0.05) is 21.5 Å². The van der Waals surface area contributed by atoms with Crippen LogP contribution in [-0.4, -0.2) is 12.1 Å². The van der Waals surface area contributed by atoms with Crippen molar-refractivity contribution in [1.29, 1.82) is 0 Å². The summed E-state index contributed by atoms with van der Waals surface area (Å²) in [4.78, 5) is 4.34. The van der Waals surface area contributed by atoms with Crippen molar-refractivity contribution in [3.8, 4) is 5.88 Å². The molecule has 23 heavy (non-hydrogen) atoms. The summed E-state index contributed by atoms with van der Waals surface area (Å²) in [6.45, 7) is 0. The van der Waals surface area contributed by atoms with Gasteiger partial charge in [-0.25, -0.2) is 4.98 Å². The van der Waals surface area contributed by atoms with E-state index in [0.717, 1.165) is 15.9 Å². The number of halogens is 2. The first-order valence-corrected chi connectivity index (χ1v) is 9.09. The molecule has 0 atom stereocenters. The molecule has 5 heteroatoms. The average Bonchev–Trinajstić information content (AvgIpc) is 2.56. The molecule has 2 nitrogen and oxygen atoms in total. The summed E-state index contributed by atoms with van der Waals surface area (Å²) in [6, 6.07) is 19.7. The highest BCUT2D eigenvalue weighted by molar-refractivity contribution is 7.80. The summed E-state index contributed by atoms with van der Waals surface area (Å²) in [5, 5.41) is 4.71. The van der Waals surface area contributed by atoms with Crippen LogP contribution in [0, 0.1) is 0 Å². The van der Waals surface area contributed by atoms with Gasteiger partial charge in [0.1, 0.15) is 0 Å². The van der Waals surface area contributed by atoms with Gasteiger partial charge in [-0.3, -0.25) is 0 Å². The van der Waals surface area contributed by atoms with Gasteiger partial charge < -0.3 is 4.74 Å². The fraction of sp³-hybridized carbons (Fsp3) is 0.0556. The van der Waals surface area contributed by atoms with Gasteiger partial charge in [-0.15, -0.1) is 0 Å². The van der Waals surface area contributed by atoms with E-state index in [0.29, 0.717) is 15.9 Å². The molecule has 0 bridgehead atoms. The van der Waals surface area contributed by atoms with Crippen molar-refractivity contribution in [2.24, 2.45) is 0 Å². The molecule has 116 valence electrons. The van der Waals surface area contributed by atoms with Gasteiger partial charge in [0.15, 0.2) is 0 Å². The number of nitrogens with zero attached hydrogens (tertiary/aromatic N) is 1. The van der Waals surface area contributed by atoms with Crippen LogP contribution in [0.15, 0.2) is 66.9 Å². The maximum Gasteiger partial charge on any atom is 0.221 e. The fourth-order valence-corrected chi connectivity index (χ4v) is 5.34. The third kappa shape index (κ3) is 3.67. The molecule has 0 amide bonds. The SMILES string of the molecule is COc1ncccc1P(c1cccc(Cl)c1)c1cccc(Cl)c1. The minimum atomic E-state index is -0.861. The smallest absolute Gasteiger partial charge is 0.221 e. The lowest BCUT2D eigenvalue weighted by atomic mass is 10.4. The van der Waals surface area contributed by atoms with Crippen molar-refractivity contribution in [2.75, 3.05) is 7.11 Å². The molecule has 3 aromatic rings. The summed E-state index contributed by atoms with van der Waals surface area (Å²) in [5.41, 5.74) is 0. The molecule has 2 aromatic carbocycles. The van der Waals surface area contributed by atoms with E-state index >= 15 is 0 Å². The first kappa shape index (κ1) is 16.3. The van der Waals surface area contributed by atoms with Gasteiger partial charge in [-0.05, 0) is 54.9 Å². The monoisotopic (exact) mass is 361 g/mol. The van der Waals surface area contributed by atoms with Crippen LogP contribution in [0.25, 0.3) is 0 Å². The molecule has 0 spiro atoms. The number of aromatic nitrogens is 1. The van der Waals surface area contributed by atoms with E-state index < -0.39 is 7.92 Å². The maximum absolute atomic E-state index is 6.21. The molecule has 3 rings (SSSR count). The summed E-state index contributed by atoms with van der Waals surface area (Å²) in [6.07, 6.45) is 1.73. The standard InChI is InChI=1S/C18H14Cl2NOP/c1-22-18-17(9-4-10-21-18)23(15-7-2-5-13(19)11-15)16-8-3-6-14(20)12-16/h2-12H,1H3. The Morgan fingerprint density at radius 1 is 0.870 bits per heavy atom. The molecule has 0 N–H and O–H groups in total. The van der Waals surface area contributed by atoms with E-state index in [1.165, 1.54) is 0 Å². The predicted molar refractivity (Wildman–Crippen MR) is 99.5 cm³/mol. The third-order valence-electron chi connectivity index (χ3n) is 3.32. The van der Waals surface area contributed by atoms with Crippen LogP contribution in [0.3, 0.4) is 0 Å². The number of methoxy groups -OCH3 is 1. The van der Waals surface area contributed by atoms with Crippen molar-refractivity contribution in [1.82, 2.24) is 4.98 Å². The minimum Gasteiger partial charge on any atom is -0.481 e. The highest BCUT2D eigenvalue weighted by Crippen LogP contribution is 2.36. The Labute approximate surface area is 146 Å². The van der Waals surface area contributed by atoms with Crippen LogP contribution in [-0.2, 0) is 0 Å². The first-order valence-electron chi connectivity index (χ1n) is 6.99. The summed E-state index contributed by atoms with van der Waals surface area (Å²) >= 11 is 12.4. The molecule has 0 aliphatic rings. The molecule has 0 radical (unpaired) electrons. The number of pyridine rings is 1. The molecule has 0 saturated heterocycles. The average molecular weight is 362 g/mol. The van der Waals surface area contributed by atoms with Crippen LogP contribution in [0.1, 0.15) is 0 Å². The molecular formula is C18H14Cl2NOP. The predicted octanol–water partition coefficient (Wildman–Crippen LogP) is 4.16. The quantitative estimate of drug-likeness (QED) is 0.651. The van der Waals surface area contributed by atoms with E-state index in [-0.39, 0.29) is 0 Å². The van der Waals surface area contributed by atoms with Crippen LogP contribution in [0.2, 0.25) is 10.0 Å². The molecule has 0 unspecified atom stereocenters. The van der Waals surface area contributed by atoms with Crippen LogP contribution in [0.5, 0.6) is 5.88 Å². The number of hydrogen-bond donors (Lipinski definition) is 0. The second-order valence-corrected chi connectivity index (χ2v) is 7.89. The highest BCUT2D eigenvalue weighted by atomic mass is 35.5. The van der Waals surface area contributed by atoms with Gasteiger partial charge in [-0.1, -0.05) is 47.5 Å². The van der Waals surface area contributed by atoms with Crippen molar-refractivity contribution < 1.29 is 4.74 Å². The molecule has 1 heterocycles. The van der Waals surface area contributed by atoms with E-state index in [2.05, 4.69) is 17.1 Å². The first-order chi connectivity index (χ1) is 11.2. The Bertz CT molecular complexity index is 780. The maximum atomic E-state index is 6.21. The van der Waals surface area contributed by atoms with Gasteiger partial charge in [-0.2, -0.15) is 0 Å². The fourth-order valence-electron chi connectivity index (χ4n) is 2.37. The van der Waals surface area contributed by atoms with Crippen LogP contribution < -0.4 is 20.7 Å². The van der Waals surface area contributed by atoms with Gasteiger partial charge in [0.05, 0.1) is 7.11 Å². The highest BCUT2D eigenvalue weighted by Gasteiger charge is 2.21. The molecule has 0 saturated carbocycles. The van der Waals surface area contributed by atoms with E-state index in [4.69, 9.17) is 27.9 Å². The Balaban J connectivity index is 2.22. The molecule has 0 fully saturated rings. The number of rotatable bonds is 4. The second-order valence-electron chi connectivity index (χ2n) is 4.83. The molecular weight excluding hydrogens is 348 g/mol. The number of benzene rings is 2. The largest absolute Gasteiger partial charge is 0.481 e. The topological polar surface area (TPSA) is 22.1 Å². The van der Waals surface area contributed by atoms with Crippen molar-refractivity contribution >= 4 is 47.0 Å². The van der Waals surface area contributed by atoms with E-state index in [9.17, 15) is 0 Å². The third-order valence-corrected chi connectivity index (χ3v) is 6.20. The van der Waals surface area contributed by atoms with Gasteiger partial charge in [0.2, 0.25) is 5.88 Å². The Kier molecular flexibility index (Phi) is 5.17. The van der Waals surface area contributed by atoms with Crippen LogP contribution in [0.4, 0.5) is 0 Å². The zero-order valence-electron chi connectivity index (χ0n) is 12.4. The second kappa shape index (κ2) is 7.31. The summed E-state index contributed by atoms with van der Waals surface area (Å²) in [5.74, 6) is 0.624. The van der Waals surface area contributed by atoms with Crippen molar-refractivity contribution in [3.05, 3.63) is 76.9 Å². The normalized spacial score (nSPS) is 10.8. The van der Waals surface area contributed by atoms with E-state index in [1.807, 2.05) is 48.5 Å². The molecule has 0 aliphatic carbocycles. The summed E-state index contributed by atoms with van der Waals surface area (Å²) in [7, 11) is 0.773. The zero-order valence-corrected chi connectivity index (χ0v) is 14.8. The lowest BCUT2D eigenvalue weighted by molar-refractivity contribution is 0.401. The number of hydrogen-bond acceptors (Lipinski definition) is 2.